The van der Waals surface area contributed by atoms with Gasteiger partial charge in [-0.25, -0.2) is 0 Å². The molecule has 1 aromatic rings. The molecule has 0 saturated carbocycles. The van der Waals surface area contributed by atoms with Gasteiger partial charge in [0.15, 0.2) is 0 Å². The summed E-state index contributed by atoms with van der Waals surface area (Å²) in [6.45, 7) is 12.3. The standard InChI is InChI=1S/C15H23BO3/c1-10-7-13(8-12(9-17)11(10)2)16-18-14(3,4)15(5,6)19-16/h7-8,17H,9H2,1-6H3. The van der Waals surface area contributed by atoms with Crippen LogP contribution in [0.25, 0.3) is 0 Å². The second-order valence-corrected chi connectivity index (χ2v) is 6.37. The van der Waals surface area contributed by atoms with Crippen LogP contribution < -0.4 is 5.46 Å². The van der Waals surface area contributed by atoms with Gasteiger partial charge in [-0.1, -0.05) is 12.1 Å². The molecule has 0 amide bonds. The van der Waals surface area contributed by atoms with E-state index in [0.29, 0.717) is 0 Å². The van der Waals surface area contributed by atoms with Crippen LogP contribution >= 0.6 is 0 Å². The van der Waals surface area contributed by atoms with Gasteiger partial charge in [0.1, 0.15) is 0 Å². The average molecular weight is 262 g/mol. The Morgan fingerprint density at radius 2 is 1.58 bits per heavy atom. The third-order valence-corrected chi connectivity index (χ3v) is 4.49. The monoisotopic (exact) mass is 262 g/mol. The van der Waals surface area contributed by atoms with Crippen LogP contribution in [0.4, 0.5) is 0 Å². The van der Waals surface area contributed by atoms with Crippen molar-refractivity contribution in [3.63, 3.8) is 0 Å². The molecule has 1 saturated heterocycles. The molecule has 1 aliphatic heterocycles. The first kappa shape index (κ1) is 14.6. The first-order chi connectivity index (χ1) is 8.68. The van der Waals surface area contributed by atoms with Crippen molar-refractivity contribution >= 4 is 12.6 Å². The molecule has 0 bridgehead atoms. The summed E-state index contributed by atoms with van der Waals surface area (Å²) in [5.74, 6) is 0. The first-order valence-electron chi connectivity index (χ1n) is 6.74. The van der Waals surface area contributed by atoms with Crippen molar-refractivity contribution in [3.8, 4) is 0 Å². The predicted octanol–water partition coefficient (Wildman–Crippen LogP) is 2.09. The summed E-state index contributed by atoms with van der Waals surface area (Å²) < 4.78 is 12.1. The molecule has 104 valence electrons. The van der Waals surface area contributed by atoms with Gasteiger partial charge >= 0.3 is 7.12 Å². The van der Waals surface area contributed by atoms with Crippen LogP contribution in [0.15, 0.2) is 12.1 Å². The van der Waals surface area contributed by atoms with E-state index in [2.05, 4.69) is 6.07 Å². The number of aliphatic hydroxyl groups excluding tert-OH is 1. The quantitative estimate of drug-likeness (QED) is 0.829. The largest absolute Gasteiger partial charge is 0.494 e. The van der Waals surface area contributed by atoms with E-state index < -0.39 is 0 Å². The lowest BCUT2D eigenvalue weighted by molar-refractivity contribution is 0.00578. The summed E-state index contributed by atoms with van der Waals surface area (Å²) in [7, 11) is -0.366. The normalized spacial score (nSPS) is 20.9. The van der Waals surface area contributed by atoms with Crippen molar-refractivity contribution in [2.24, 2.45) is 0 Å². The Hall–Kier alpha value is -0.835. The van der Waals surface area contributed by atoms with E-state index in [1.807, 2.05) is 47.6 Å². The SMILES string of the molecule is Cc1cc(B2OC(C)(C)C(C)(C)O2)cc(CO)c1C. The fraction of sp³-hybridized carbons (Fsp3) is 0.600. The maximum absolute atomic E-state index is 9.43. The molecule has 4 heteroatoms. The number of hydrogen-bond acceptors (Lipinski definition) is 3. The first-order valence-corrected chi connectivity index (χ1v) is 6.74. The van der Waals surface area contributed by atoms with Gasteiger partial charge in [-0.15, -0.1) is 0 Å². The number of rotatable bonds is 2. The zero-order chi connectivity index (χ0) is 14.4. The lowest BCUT2D eigenvalue weighted by Gasteiger charge is -2.32. The summed E-state index contributed by atoms with van der Waals surface area (Å²) in [6, 6.07) is 4.06. The van der Waals surface area contributed by atoms with Crippen LogP contribution in [0.2, 0.25) is 0 Å². The Kier molecular flexibility index (Phi) is 3.54. The van der Waals surface area contributed by atoms with Gasteiger partial charge in [-0.3, -0.25) is 0 Å². The molecule has 3 nitrogen and oxygen atoms in total. The van der Waals surface area contributed by atoms with E-state index in [-0.39, 0.29) is 24.9 Å². The fourth-order valence-corrected chi connectivity index (χ4v) is 2.24. The van der Waals surface area contributed by atoms with Gasteiger partial charge < -0.3 is 14.4 Å². The zero-order valence-corrected chi connectivity index (χ0v) is 12.7. The van der Waals surface area contributed by atoms with Gasteiger partial charge in [0.05, 0.1) is 17.8 Å². The predicted molar refractivity (Wildman–Crippen MR) is 77.6 cm³/mol. The van der Waals surface area contributed by atoms with Crippen LogP contribution in [0.1, 0.15) is 44.4 Å². The summed E-state index contributed by atoms with van der Waals surface area (Å²) in [5, 5.41) is 9.43. The maximum Gasteiger partial charge on any atom is 0.494 e. The fourth-order valence-electron chi connectivity index (χ4n) is 2.24. The molecular weight excluding hydrogens is 239 g/mol. The molecule has 0 aromatic heterocycles. The van der Waals surface area contributed by atoms with Crippen molar-refractivity contribution in [1.29, 1.82) is 0 Å². The molecular formula is C15H23BO3. The number of benzene rings is 1. The van der Waals surface area contributed by atoms with Gasteiger partial charge in [0.25, 0.3) is 0 Å². The Labute approximate surface area is 116 Å². The van der Waals surface area contributed by atoms with E-state index in [1.54, 1.807) is 0 Å². The van der Waals surface area contributed by atoms with Crippen molar-refractivity contribution in [1.82, 2.24) is 0 Å². The van der Waals surface area contributed by atoms with Gasteiger partial charge in [-0.2, -0.15) is 0 Å². The molecule has 1 aromatic carbocycles. The van der Waals surface area contributed by atoms with E-state index in [1.165, 1.54) is 0 Å². The minimum atomic E-state index is -0.366. The molecule has 0 aliphatic carbocycles. The molecule has 1 N–H and O–H groups in total. The second kappa shape index (κ2) is 4.62. The van der Waals surface area contributed by atoms with Crippen LogP contribution in [-0.4, -0.2) is 23.4 Å². The number of hydrogen-bond donors (Lipinski definition) is 1. The van der Waals surface area contributed by atoms with Crippen molar-refractivity contribution < 1.29 is 14.4 Å². The molecule has 2 rings (SSSR count). The highest BCUT2D eigenvalue weighted by Crippen LogP contribution is 2.36. The molecule has 1 fully saturated rings. The molecule has 0 spiro atoms. The third-order valence-electron chi connectivity index (χ3n) is 4.49. The Morgan fingerprint density at radius 3 is 2.05 bits per heavy atom. The zero-order valence-electron chi connectivity index (χ0n) is 12.7. The molecule has 19 heavy (non-hydrogen) atoms. The summed E-state index contributed by atoms with van der Waals surface area (Å²) >= 11 is 0. The Balaban J connectivity index is 2.37. The molecule has 1 heterocycles. The summed E-state index contributed by atoms with van der Waals surface area (Å²) in [5.41, 5.74) is 3.51. The topological polar surface area (TPSA) is 38.7 Å². The van der Waals surface area contributed by atoms with Crippen LogP contribution in [0.3, 0.4) is 0 Å². The maximum atomic E-state index is 9.43. The molecule has 1 aliphatic rings. The van der Waals surface area contributed by atoms with E-state index in [0.717, 1.165) is 22.2 Å². The van der Waals surface area contributed by atoms with E-state index in [9.17, 15) is 5.11 Å². The van der Waals surface area contributed by atoms with Crippen molar-refractivity contribution in [2.75, 3.05) is 0 Å². The molecule has 0 unspecified atom stereocenters. The Morgan fingerprint density at radius 1 is 1.05 bits per heavy atom. The number of aryl methyl sites for hydroxylation is 1. The van der Waals surface area contributed by atoms with Gasteiger partial charge in [-0.05, 0) is 63.7 Å². The van der Waals surface area contributed by atoms with E-state index in [4.69, 9.17) is 9.31 Å². The Bertz CT molecular complexity index is 478. The van der Waals surface area contributed by atoms with Crippen molar-refractivity contribution in [2.45, 2.75) is 59.4 Å². The second-order valence-electron chi connectivity index (χ2n) is 6.37. The highest BCUT2D eigenvalue weighted by atomic mass is 16.7. The minimum absolute atomic E-state index is 0.0417. The lowest BCUT2D eigenvalue weighted by Crippen LogP contribution is -2.41. The van der Waals surface area contributed by atoms with Crippen molar-refractivity contribution in [3.05, 3.63) is 28.8 Å². The van der Waals surface area contributed by atoms with Crippen LogP contribution in [0, 0.1) is 13.8 Å². The average Bonchev–Trinajstić information content (AvgIpc) is 2.52. The van der Waals surface area contributed by atoms with E-state index >= 15 is 0 Å². The van der Waals surface area contributed by atoms with Crippen LogP contribution in [-0.2, 0) is 15.9 Å². The molecule has 0 atom stereocenters. The highest BCUT2D eigenvalue weighted by molar-refractivity contribution is 6.62. The lowest BCUT2D eigenvalue weighted by atomic mass is 9.76. The molecule has 0 radical (unpaired) electrons. The summed E-state index contributed by atoms with van der Waals surface area (Å²) in [4.78, 5) is 0. The number of aliphatic hydroxyl groups is 1. The third kappa shape index (κ3) is 2.45. The van der Waals surface area contributed by atoms with Crippen LogP contribution in [0.5, 0.6) is 0 Å². The highest BCUT2D eigenvalue weighted by Gasteiger charge is 2.51. The van der Waals surface area contributed by atoms with Gasteiger partial charge in [0, 0.05) is 0 Å². The smallest absolute Gasteiger partial charge is 0.399 e. The van der Waals surface area contributed by atoms with Gasteiger partial charge in [0.2, 0.25) is 0 Å². The minimum Gasteiger partial charge on any atom is -0.399 e. The summed E-state index contributed by atoms with van der Waals surface area (Å²) in [6.07, 6.45) is 0.